The van der Waals surface area contributed by atoms with Crippen LogP contribution < -0.4 is 20.1 Å². The minimum absolute atomic E-state index is 0.0582. The van der Waals surface area contributed by atoms with Gasteiger partial charge in [0.15, 0.2) is 22.5 Å². The van der Waals surface area contributed by atoms with Crippen LogP contribution in [0.25, 0.3) is 0 Å². The van der Waals surface area contributed by atoms with Crippen LogP contribution in [-0.4, -0.2) is 39.1 Å². The molecule has 9 nitrogen and oxygen atoms in total. The van der Waals surface area contributed by atoms with Crippen molar-refractivity contribution in [3.8, 4) is 11.5 Å². The number of ether oxygens (including phenoxy) is 2. The maximum absolute atomic E-state index is 12.9. The maximum Gasteiger partial charge on any atom is 0.252 e. The van der Waals surface area contributed by atoms with Gasteiger partial charge in [-0.1, -0.05) is 25.6 Å². The van der Waals surface area contributed by atoms with Crippen molar-refractivity contribution < 1.29 is 19.1 Å². The lowest BCUT2D eigenvalue weighted by atomic mass is 10.0. The van der Waals surface area contributed by atoms with E-state index in [4.69, 9.17) is 9.47 Å². The second-order valence-electron chi connectivity index (χ2n) is 8.01. The highest BCUT2D eigenvalue weighted by Gasteiger charge is 2.26. The smallest absolute Gasteiger partial charge is 0.252 e. The highest BCUT2D eigenvalue weighted by molar-refractivity contribution is 14.1. The predicted molar refractivity (Wildman–Crippen MR) is 137 cm³/mol. The monoisotopic (exact) mass is 593 g/mol. The molecular weight excluding hydrogens is 569 g/mol. The zero-order chi connectivity index (χ0) is 24.2. The number of halogens is 1. The summed E-state index contributed by atoms with van der Waals surface area (Å²) in [4.78, 5) is 25.3. The second-order valence-corrected chi connectivity index (χ2v) is 10.2. The fraction of sp³-hybridized carbons (Fsp3) is 0.304. The summed E-state index contributed by atoms with van der Waals surface area (Å²) in [7, 11) is 1.83. The van der Waals surface area contributed by atoms with E-state index >= 15 is 0 Å². The molecule has 4 rings (SSSR count). The number of benzene rings is 2. The van der Waals surface area contributed by atoms with Gasteiger partial charge in [-0.25, -0.2) is 0 Å². The van der Waals surface area contributed by atoms with Crippen molar-refractivity contribution in [3.63, 3.8) is 0 Å². The van der Waals surface area contributed by atoms with Gasteiger partial charge in [0.1, 0.15) is 0 Å². The second kappa shape index (κ2) is 10.6. The van der Waals surface area contributed by atoms with Gasteiger partial charge < -0.3 is 24.7 Å². The minimum Gasteiger partial charge on any atom is -0.454 e. The molecule has 178 valence electrons. The summed E-state index contributed by atoms with van der Waals surface area (Å²) in [6.07, 6.45) is 0. The lowest BCUT2D eigenvalue weighted by Gasteiger charge is -2.21. The van der Waals surface area contributed by atoms with E-state index in [1.165, 1.54) is 11.8 Å². The standard InChI is InChI=1S/C23H24IN5O4S/c1-13(2)20(26-22(31)14-4-9-17-18(10-14)33-12-32-17)21-27-28-23(29(21)3)34-11-19(30)25-16-7-5-15(24)6-8-16/h4-10,13,20H,11-12H2,1-3H3,(H,25,30)(H,26,31). The first-order chi connectivity index (χ1) is 16.3. The van der Waals surface area contributed by atoms with Gasteiger partial charge in [0.25, 0.3) is 5.91 Å². The number of aromatic nitrogens is 3. The van der Waals surface area contributed by atoms with Crippen LogP contribution in [0, 0.1) is 9.49 Å². The number of nitrogens with zero attached hydrogens (tertiary/aromatic N) is 3. The van der Waals surface area contributed by atoms with Gasteiger partial charge in [0, 0.05) is 21.9 Å². The van der Waals surface area contributed by atoms with Crippen LogP contribution >= 0.6 is 34.4 Å². The molecule has 2 aromatic carbocycles. The molecule has 2 heterocycles. The van der Waals surface area contributed by atoms with E-state index in [-0.39, 0.29) is 36.3 Å². The number of hydrogen-bond donors (Lipinski definition) is 2. The van der Waals surface area contributed by atoms with Crippen LogP contribution in [0.3, 0.4) is 0 Å². The molecule has 1 unspecified atom stereocenters. The van der Waals surface area contributed by atoms with Crippen molar-refractivity contribution >= 4 is 51.9 Å². The molecule has 0 spiro atoms. The Labute approximate surface area is 215 Å². The third-order valence-electron chi connectivity index (χ3n) is 5.20. The molecule has 0 saturated heterocycles. The third kappa shape index (κ3) is 5.63. The van der Waals surface area contributed by atoms with Crippen molar-refractivity contribution in [3.05, 3.63) is 57.4 Å². The summed E-state index contributed by atoms with van der Waals surface area (Å²) >= 11 is 3.50. The van der Waals surface area contributed by atoms with Gasteiger partial charge in [-0.15, -0.1) is 10.2 Å². The van der Waals surface area contributed by atoms with Crippen LogP contribution in [-0.2, 0) is 11.8 Å². The number of fused-ring (bicyclic) bond motifs is 1. The van der Waals surface area contributed by atoms with Crippen molar-refractivity contribution in [2.75, 3.05) is 17.9 Å². The van der Waals surface area contributed by atoms with Crippen LogP contribution in [0.1, 0.15) is 36.1 Å². The molecule has 11 heteroatoms. The van der Waals surface area contributed by atoms with E-state index < -0.39 is 0 Å². The van der Waals surface area contributed by atoms with Crippen molar-refractivity contribution in [2.24, 2.45) is 13.0 Å². The topological polar surface area (TPSA) is 107 Å². The normalized spacial score (nSPS) is 13.1. The molecule has 0 fully saturated rings. The van der Waals surface area contributed by atoms with Crippen molar-refractivity contribution in [1.29, 1.82) is 0 Å². The van der Waals surface area contributed by atoms with E-state index in [0.29, 0.717) is 28.0 Å². The fourth-order valence-electron chi connectivity index (χ4n) is 3.37. The molecule has 0 bridgehead atoms. The number of hydrogen-bond acceptors (Lipinski definition) is 7. The molecule has 1 atom stereocenters. The van der Waals surface area contributed by atoms with Crippen LogP contribution in [0.2, 0.25) is 0 Å². The van der Waals surface area contributed by atoms with Gasteiger partial charge in [-0.3, -0.25) is 9.59 Å². The Bertz CT molecular complexity index is 1200. The zero-order valence-corrected chi connectivity index (χ0v) is 21.8. The minimum atomic E-state index is -0.370. The lowest BCUT2D eigenvalue weighted by molar-refractivity contribution is -0.113. The summed E-state index contributed by atoms with van der Waals surface area (Å²) in [5.41, 5.74) is 1.22. The molecule has 2 N–H and O–H groups in total. The molecule has 1 aliphatic rings. The largest absolute Gasteiger partial charge is 0.454 e. The highest BCUT2D eigenvalue weighted by atomic mass is 127. The van der Waals surface area contributed by atoms with Crippen LogP contribution in [0.15, 0.2) is 47.6 Å². The molecular formula is C23H24IN5O4S. The molecule has 0 radical (unpaired) electrons. The number of carbonyl (C=O) groups is 2. The Morgan fingerprint density at radius 2 is 1.85 bits per heavy atom. The number of carbonyl (C=O) groups excluding carboxylic acids is 2. The van der Waals surface area contributed by atoms with Crippen LogP contribution in [0.5, 0.6) is 11.5 Å². The lowest BCUT2D eigenvalue weighted by Crippen LogP contribution is -2.33. The van der Waals surface area contributed by atoms with Gasteiger partial charge in [0.05, 0.1) is 11.8 Å². The van der Waals surface area contributed by atoms with Gasteiger partial charge >= 0.3 is 0 Å². The summed E-state index contributed by atoms with van der Waals surface area (Å²) in [5, 5.41) is 15.1. The Kier molecular flexibility index (Phi) is 7.61. The van der Waals surface area contributed by atoms with E-state index in [9.17, 15) is 9.59 Å². The highest BCUT2D eigenvalue weighted by Crippen LogP contribution is 2.33. The van der Waals surface area contributed by atoms with E-state index in [1.807, 2.05) is 49.7 Å². The van der Waals surface area contributed by atoms with Crippen molar-refractivity contribution in [1.82, 2.24) is 20.1 Å². The third-order valence-corrected chi connectivity index (χ3v) is 6.93. The molecule has 1 aromatic heterocycles. The molecule has 3 aromatic rings. The SMILES string of the molecule is CC(C)C(NC(=O)c1ccc2c(c1)OCO2)c1nnc(SCC(=O)Nc2ccc(I)cc2)n1C. The Morgan fingerprint density at radius 1 is 1.12 bits per heavy atom. The van der Waals surface area contributed by atoms with Gasteiger partial charge in [0.2, 0.25) is 12.7 Å². The number of amides is 2. The van der Waals surface area contributed by atoms with E-state index in [0.717, 1.165) is 9.26 Å². The molecule has 0 aliphatic carbocycles. The predicted octanol–water partition coefficient (Wildman–Crippen LogP) is 4.01. The summed E-state index contributed by atoms with van der Waals surface area (Å²) in [5.74, 6) is 1.66. The van der Waals surface area contributed by atoms with E-state index in [1.54, 1.807) is 18.2 Å². The Balaban J connectivity index is 1.41. The molecule has 1 aliphatic heterocycles. The molecule has 2 amide bonds. The quantitative estimate of drug-likeness (QED) is 0.300. The average Bonchev–Trinajstić information content (AvgIpc) is 3.43. The summed E-state index contributed by atoms with van der Waals surface area (Å²) < 4.78 is 13.6. The Morgan fingerprint density at radius 3 is 2.59 bits per heavy atom. The molecule has 34 heavy (non-hydrogen) atoms. The van der Waals surface area contributed by atoms with Crippen molar-refractivity contribution in [2.45, 2.75) is 25.0 Å². The Hall–Kier alpha value is -2.80. The average molecular weight is 593 g/mol. The molecule has 0 saturated carbocycles. The number of rotatable bonds is 8. The van der Waals surface area contributed by atoms with Crippen LogP contribution in [0.4, 0.5) is 5.69 Å². The maximum atomic E-state index is 12.9. The van der Waals surface area contributed by atoms with E-state index in [2.05, 4.69) is 43.4 Å². The number of nitrogens with one attached hydrogen (secondary N) is 2. The first-order valence-corrected chi connectivity index (χ1v) is 12.7. The first-order valence-electron chi connectivity index (χ1n) is 10.6. The zero-order valence-electron chi connectivity index (χ0n) is 18.9. The van der Waals surface area contributed by atoms with Gasteiger partial charge in [-0.2, -0.15) is 0 Å². The fourth-order valence-corrected chi connectivity index (χ4v) is 4.45. The first kappa shape index (κ1) is 24.3. The summed E-state index contributed by atoms with van der Waals surface area (Å²) in [6.45, 7) is 4.15. The number of thioether (sulfide) groups is 1. The van der Waals surface area contributed by atoms with Gasteiger partial charge in [-0.05, 0) is 71.0 Å². The number of anilines is 1. The summed E-state index contributed by atoms with van der Waals surface area (Å²) in [6, 6.07) is 12.3.